The van der Waals surface area contributed by atoms with Gasteiger partial charge in [0, 0.05) is 5.56 Å². The van der Waals surface area contributed by atoms with Gasteiger partial charge in [0.25, 0.3) is 0 Å². The largest absolute Gasteiger partial charge is 0.381 e. The molecule has 1 N–H and O–H groups in total. The topological polar surface area (TPSA) is 20.2 Å². The van der Waals surface area contributed by atoms with Crippen LogP contribution in [0.2, 0.25) is 10.0 Å². The first-order valence-electron chi connectivity index (χ1n) is 5.36. The highest BCUT2D eigenvalue weighted by molar-refractivity contribution is 6.42. The van der Waals surface area contributed by atoms with Gasteiger partial charge in [-0.3, -0.25) is 0 Å². The second kappa shape index (κ2) is 4.88. The van der Waals surface area contributed by atoms with Gasteiger partial charge in [-0.1, -0.05) is 47.5 Å². The minimum Gasteiger partial charge on any atom is -0.381 e. The predicted octanol–water partition coefficient (Wildman–Crippen LogP) is 4.39. The SMILES string of the molecule is CC(O)(c1ccc(Cl)c(Cl)c1)c1ccccc1F. The lowest BCUT2D eigenvalue weighted by Gasteiger charge is -2.25. The molecule has 0 spiro atoms. The minimum atomic E-state index is -1.46. The van der Waals surface area contributed by atoms with Crippen molar-refractivity contribution < 1.29 is 9.50 Å². The molecule has 0 aromatic heterocycles. The Bertz CT molecular complexity index is 582. The van der Waals surface area contributed by atoms with E-state index in [0.29, 0.717) is 15.6 Å². The summed E-state index contributed by atoms with van der Waals surface area (Å²) in [6.07, 6.45) is 0. The van der Waals surface area contributed by atoms with Crippen LogP contribution < -0.4 is 0 Å². The minimum absolute atomic E-state index is 0.198. The van der Waals surface area contributed by atoms with Crippen molar-refractivity contribution in [3.05, 3.63) is 69.5 Å². The van der Waals surface area contributed by atoms with Crippen LogP contribution in [0.3, 0.4) is 0 Å². The molecule has 0 aliphatic carbocycles. The Balaban J connectivity index is 2.54. The quantitative estimate of drug-likeness (QED) is 0.867. The van der Waals surface area contributed by atoms with Gasteiger partial charge in [0.2, 0.25) is 0 Å². The summed E-state index contributed by atoms with van der Waals surface area (Å²) in [5.74, 6) is -0.464. The standard InChI is InChI=1S/C14H11Cl2FO/c1-14(18,10-4-2-3-5-13(10)17)9-6-7-11(15)12(16)8-9/h2-8,18H,1H3. The zero-order valence-corrected chi connectivity index (χ0v) is 11.1. The molecule has 0 aliphatic rings. The van der Waals surface area contributed by atoms with E-state index in [1.165, 1.54) is 25.1 Å². The van der Waals surface area contributed by atoms with Crippen molar-refractivity contribution in [2.45, 2.75) is 12.5 Å². The Kier molecular flexibility index (Phi) is 3.62. The Hall–Kier alpha value is -1.09. The average Bonchev–Trinajstić information content (AvgIpc) is 2.33. The molecule has 94 valence electrons. The van der Waals surface area contributed by atoms with Crippen LogP contribution in [0.1, 0.15) is 18.1 Å². The number of halogens is 3. The molecule has 0 heterocycles. The summed E-state index contributed by atoms with van der Waals surface area (Å²) in [7, 11) is 0. The fraction of sp³-hybridized carbons (Fsp3) is 0.143. The lowest BCUT2D eigenvalue weighted by atomic mass is 9.88. The van der Waals surface area contributed by atoms with Crippen LogP contribution in [0, 0.1) is 5.82 Å². The molecule has 1 atom stereocenters. The molecular weight excluding hydrogens is 274 g/mol. The van der Waals surface area contributed by atoms with Crippen LogP contribution in [0.4, 0.5) is 4.39 Å². The second-order valence-electron chi connectivity index (χ2n) is 4.18. The molecule has 0 radical (unpaired) electrons. The molecule has 2 aromatic carbocycles. The van der Waals surface area contributed by atoms with Crippen LogP contribution in [0.25, 0.3) is 0 Å². The Labute approximate surface area is 115 Å². The second-order valence-corrected chi connectivity index (χ2v) is 5.00. The fourth-order valence-corrected chi connectivity index (χ4v) is 2.11. The van der Waals surface area contributed by atoms with Crippen molar-refractivity contribution in [3.8, 4) is 0 Å². The molecule has 2 aromatic rings. The molecule has 1 nitrogen and oxygen atoms in total. The van der Waals surface area contributed by atoms with E-state index in [1.54, 1.807) is 24.3 Å². The van der Waals surface area contributed by atoms with Gasteiger partial charge < -0.3 is 5.11 Å². The Morgan fingerprint density at radius 1 is 1.06 bits per heavy atom. The van der Waals surface area contributed by atoms with E-state index in [4.69, 9.17) is 23.2 Å². The smallest absolute Gasteiger partial charge is 0.129 e. The van der Waals surface area contributed by atoms with Gasteiger partial charge in [0.1, 0.15) is 11.4 Å². The van der Waals surface area contributed by atoms with Crippen LogP contribution in [0.15, 0.2) is 42.5 Å². The molecule has 1 unspecified atom stereocenters. The van der Waals surface area contributed by atoms with E-state index in [1.807, 2.05) is 0 Å². The molecule has 2 rings (SSSR count). The lowest BCUT2D eigenvalue weighted by molar-refractivity contribution is 0.0980. The zero-order valence-electron chi connectivity index (χ0n) is 9.62. The molecule has 18 heavy (non-hydrogen) atoms. The van der Waals surface area contributed by atoms with Gasteiger partial charge in [0.15, 0.2) is 0 Å². The predicted molar refractivity (Wildman–Crippen MR) is 71.5 cm³/mol. The molecule has 0 bridgehead atoms. The average molecular weight is 285 g/mol. The summed E-state index contributed by atoms with van der Waals surface area (Å²) in [6.45, 7) is 1.52. The zero-order chi connectivity index (χ0) is 13.3. The van der Waals surface area contributed by atoms with Gasteiger partial charge in [-0.2, -0.15) is 0 Å². The molecule has 0 aliphatic heterocycles. The van der Waals surface area contributed by atoms with Crippen LogP contribution in [-0.2, 0) is 5.60 Å². The number of benzene rings is 2. The summed E-state index contributed by atoms with van der Waals surface area (Å²) in [6, 6.07) is 10.8. The summed E-state index contributed by atoms with van der Waals surface area (Å²) in [5, 5.41) is 11.2. The van der Waals surface area contributed by atoms with E-state index < -0.39 is 11.4 Å². The van der Waals surface area contributed by atoms with Crippen molar-refractivity contribution in [2.75, 3.05) is 0 Å². The summed E-state index contributed by atoms with van der Waals surface area (Å²) in [4.78, 5) is 0. The van der Waals surface area contributed by atoms with Crippen molar-refractivity contribution in [3.63, 3.8) is 0 Å². The summed E-state index contributed by atoms with van der Waals surface area (Å²) < 4.78 is 13.7. The first-order valence-corrected chi connectivity index (χ1v) is 6.11. The third-order valence-electron chi connectivity index (χ3n) is 2.88. The first-order chi connectivity index (χ1) is 8.43. The lowest BCUT2D eigenvalue weighted by Crippen LogP contribution is -2.24. The van der Waals surface area contributed by atoms with Crippen molar-refractivity contribution in [1.82, 2.24) is 0 Å². The van der Waals surface area contributed by atoms with Gasteiger partial charge in [-0.15, -0.1) is 0 Å². The van der Waals surface area contributed by atoms with Crippen molar-refractivity contribution in [2.24, 2.45) is 0 Å². The number of rotatable bonds is 2. The number of hydrogen-bond acceptors (Lipinski definition) is 1. The van der Waals surface area contributed by atoms with Gasteiger partial charge in [-0.25, -0.2) is 4.39 Å². The third kappa shape index (κ3) is 2.37. The molecule has 4 heteroatoms. The Morgan fingerprint density at radius 3 is 2.33 bits per heavy atom. The monoisotopic (exact) mass is 284 g/mol. The maximum Gasteiger partial charge on any atom is 0.129 e. The highest BCUT2D eigenvalue weighted by Crippen LogP contribution is 2.34. The molecule has 0 saturated carbocycles. The maximum atomic E-state index is 13.7. The number of hydrogen-bond donors (Lipinski definition) is 1. The van der Waals surface area contributed by atoms with E-state index in [2.05, 4.69) is 0 Å². The molecule has 0 amide bonds. The maximum absolute atomic E-state index is 13.7. The van der Waals surface area contributed by atoms with E-state index >= 15 is 0 Å². The number of aliphatic hydroxyl groups is 1. The summed E-state index contributed by atoms with van der Waals surface area (Å²) >= 11 is 11.7. The van der Waals surface area contributed by atoms with Gasteiger partial charge in [-0.05, 0) is 30.7 Å². The molecular formula is C14H11Cl2FO. The molecule has 0 fully saturated rings. The van der Waals surface area contributed by atoms with Gasteiger partial charge in [0.05, 0.1) is 10.0 Å². The fourth-order valence-electron chi connectivity index (χ4n) is 1.81. The van der Waals surface area contributed by atoms with E-state index in [0.717, 1.165) is 0 Å². The van der Waals surface area contributed by atoms with Crippen LogP contribution in [-0.4, -0.2) is 5.11 Å². The summed E-state index contributed by atoms with van der Waals surface area (Å²) in [5.41, 5.74) is -0.773. The van der Waals surface area contributed by atoms with Crippen LogP contribution in [0.5, 0.6) is 0 Å². The normalized spacial score (nSPS) is 14.3. The van der Waals surface area contributed by atoms with E-state index in [-0.39, 0.29) is 5.56 Å². The van der Waals surface area contributed by atoms with Gasteiger partial charge >= 0.3 is 0 Å². The van der Waals surface area contributed by atoms with Crippen molar-refractivity contribution in [1.29, 1.82) is 0 Å². The van der Waals surface area contributed by atoms with E-state index in [9.17, 15) is 9.50 Å². The first kappa shape index (κ1) is 13.3. The Morgan fingerprint density at radius 2 is 1.72 bits per heavy atom. The molecule has 0 saturated heterocycles. The highest BCUT2D eigenvalue weighted by atomic mass is 35.5. The highest BCUT2D eigenvalue weighted by Gasteiger charge is 2.28. The van der Waals surface area contributed by atoms with Crippen LogP contribution >= 0.6 is 23.2 Å². The van der Waals surface area contributed by atoms with Crippen molar-refractivity contribution >= 4 is 23.2 Å². The third-order valence-corrected chi connectivity index (χ3v) is 3.62.